The molecule has 3 aromatic rings. The van der Waals surface area contributed by atoms with Crippen molar-refractivity contribution in [2.75, 3.05) is 37.1 Å². The minimum Gasteiger partial charge on any atom is -0.495 e. The van der Waals surface area contributed by atoms with E-state index in [2.05, 4.69) is 10.6 Å². The number of barbiturate groups is 1. The molecule has 11 nitrogen and oxygen atoms in total. The van der Waals surface area contributed by atoms with Gasteiger partial charge in [0.1, 0.15) is 17.1 Å². The van der Waals surface area contributed by atoms with Gasteiger partial charge in [-0.25, -0.2) is 9.69 Å². The number of nitrogens with one attached hydrogen (secondary N) is 2. The van der Waals surface area contributed by atoms with Gasteiger partial charge in [0.15, 0.2) is 18.1 Å². The lowest BCUT2D eigenvalue weighted by Crippen LogP contribution is -2.54. The number of nitrogens with zero attached hydrogens (tertiary/aromatic N) is 1. The summed E-state index contributed by atoms with van der Waals surface area (Å²) in [5.74, 6) is -0.819. The molecule has 2 N–H and O–H groups in total. The van der Waals surface area contributed by atoms with Crippen molar-refractivity contribution in [1.29, 1.82) is 0 Å². The molecule has 5 amide bonds. The maximum atomic E-state index is 13.3. The molecule has 0 bridgehead atoms. The molecule has 1 aliphatic rings. The number of para-hydroxylation sites is 2. The molecule has 1 aliphatic heterocycles. The predicted molar refractivity (Wildman–Crippen MR) is 156 cm³/mol. The van der Waals surface area contributed by atoms with Crippen molar-refractivity contribution in [2.24, 2.45) is 0 Å². The summed E-state index contributed by atoms with van der Waals surface area (Å²) in [5.41, 5.74) is 0.753. The van der Waals surface area contributed by atoms with Crippen LogP contribution in [0.4, 0.5) is 16.2 Å². The number of imide groups is 2. The summed E-state index contributed by atoms with van der Waals surface area (Å²) in [7, 11) is 1.49. The van der Waals surface area contributed by atoms with E-state index in [9.17, 15) is 19.2 Å². The summed E-state index contributed by atoms with van der Waals surface area (Å²) < 4.78 is 22.0. The van der Waals surface area contributed by atoms with Crippen molar-refractivity contribution < 1.29 is 38.1 Å². The topological polar surface area (TPSA) is 132 Å². The Morgan fingerprint density at radius 2 is 1.67 bits per heavy atom. The normalized spacial score (nSPS) is 14.0. The van der Waals surface area contributed by atoms with Gasteiger partial charge >= 0.3 is 6.03 Å². The number of hydrogen-bond acceptors (Lipinski definition) is 8. The molecule has 0 saturated carbocycles. The lowest BCUT2D eigenvalue weighted by molar-refractivity contribution is -0.122. The Morgan fingerprint density at radius 1 is 0.952 bits per heavy atom. The monoisotopic (exact) mass is 593 g/mol. The molecule has 1 heterocycles. The molecule has 0 spiro atoms. The van der Waals surface area contributed by atoms with Crippen LogP contribution in [0.25, 0.3) is 6.08 Å². The molecular formula is C30H28ClN3O8. The molecule has 1 fully saturated rings. The van der Waals surface area contributed by atoms with Gasteiger partial charge in [-0.05, 0) is 74.0 Å². The number of urea groups is 1. The van der Waals surface area contributed by atoms with Gasteiger partial charge in [-0.3, -0.25) is 19.7 Å². The van der Waals surface area contributed by atoms with Crippen molar-refractivity contribution in [1.82, 2.24) is 5.32 Å². The van der Waals surface area contributed by atoms with E-state index in [0.717, 1.165) is 4.90 Å². The SMILES string of the molecule is CCOc1ccc(N2C(=O)NC(=O)/C(=C\c3cc(Cl)c(OCC(=O)Nc4ccccc4OC)c(OCC)c3)C2=O)cc1. The van der Waals surface area contributed by atoms with E-state index in [0.29, 0.717) is 29.4 Å². The van der Waals surface area contributed by atoms with Crippen molar-refractivity contribution in [3.8, 4) is 23.0 Å². The standard InChI is InChI=1S/C30H28ClN3O8/c1-4-40-20-12-10-19(11-13-20)34-29(37)21(28(36)33-30(34)38)14-18-15-22(31)27(25(16-18)41-5-2)42-17-26(35)32-23-8-6-7-9-24(23)39-3/h6-16H,4-5,17H2,1-3H3,(H,32,35)(H,33,36,38)/b21-14+. The van der Waals surface area contributed by atoms with E-state index < -0.39 is 30.4 Å². The number of amides is 5. The van der Waals surface area contributed by atoms with Crippen molar-refractivity contribution in [3.05, 3.63) is 76.8 Å². The minimum absolute atomic E-state index is 0.0704. The zero-order valence-corrected chi connectivity index (χ0v) is 23.8. The van der Waals surface area contributed by atoms with Crippen LogP contribution in [0.5, 0.6) is 23.0 Å². The maximum Gasteiger partial charge on any atom is 0.335 e. The third-order valence-corrected chi connectivity index (χ3v) is 6.16. The second-order valence-electron chi connectivity index (χ2n) is 8.68. The van der Waals surface area contributed by atoms with E-state index >= 15 is 0 Å². The van der Waals surface area contributed by atoms with Gasteiger partial charge in [0, 0.05) is 0 Å². The number of anilines is 2. The van der Waals surface area contributed by atoms with Gasteiger partial charge in [-0.15, -0.1) is 0 Å². The van der Waals surface area contributed by atoms with Crippen LogP contribution in [-0.4, -0.2) is 50.7 Å². The van der Waals surface area contributed by atoms with E-state index in [-0.39, 0.29) is 34.4 Å². The zero-order valence-electron chi connectivity index (χ0n) is 23.1. The van der Waals surface area contributed by atoms with Crippen molar-refractivity contribution in [2.45, 2.75) is 13.8 Å². The third-order valence-electron chi connectivity index (χ3n) is 5.88. The van der Waals surface area contributed by atoms with Crippen molar-refractivity contribution in [3.63, 3.8) is 0 Å². The van der Waals surface area contributed by atoms with E-state index in [1.54, 1.807) is 43.3 Å². The highest BCUT2D eigenvalue weighted by Gasteiger charge is 2.37. The maximum absolute atomic E-state index is 13.3. The lowest BCUT2D eigenvalue weighted by atomic mass is 10.1. The molecular weight excluding hydrogens is 566 g/mol. The fraction of sp³-hybridized carbons (Fsp3) is 0.200. The summed E-state index contributed by atoms with van der Waals surface area (Å²) in [6.45, 7) is 3.88. The molecule has 0 atom stereocenters. The largest absolute Gasteiger partial charge is 0.495 e. The second kappa shape index (κ2) is 13.6. The fourth-order valence-electron chi connectivity index (χ4n) is 4.06. The van der Waals surface area contributed by atoms with Crippen LogP contribution in [0.2, 0.25) is 5.02 Å². The number of methoxy groups -OCH3 is 1. The van der Waals surface area contributed by atoms with E-state index in [1.807, 2.05) is 6.92 Å². The van der Waals surface area contributed by atoms with E-state index in [1.165, 1.54) is 37.5 Å². The molecule has 42 heavy (non-hydrogen) atoms. The number of rotatable bonds is 11. The highest BCUT2D eigenvalue weighted by atomic mass is 35.5. The Kier molecular flexibility index (Phi) is 9.66. The third kappa shape index (κ3) is 6.81. The average Bonchev–Trinajstić information content (AvgIpc) is 2.96. The smallest absolute Gasteiger partial charge is 0.335 e. The molecule has 4 rings (SSSR count). The first-order chi connectivity index (χ1) is 20.2. The average molecular weight is 594 g/mol. The number of ether oxygens (including phenoxy) is 4. The molecule has 0 aliphatic carbocycles. The molecule has 1 saturated heterocycles. The quantitative estimate of drug-likeness (QED) is 0.239. The Balaban J connectivity index is 1.56. The summed E-state index contributed by atoms with van der Waals surface area (Å²) in [5, 5.41) is 4.96. The van der Waals surface area contributed by atoms with Gasteiger partial charge in [-0.2, -0.15) is 0 Å². The van der Waals surface area contributed by atoms with Gasteiger partial charge in [0.2, 0.25) is 0 Å². The Labute approximate surface area is 246 Å². The van der Waals surface area contributed by atoms with E-state index in [4.69, 9.17) is 30.5 Å². The lowest BCUT2D eigenvalue weighted by Gasteiger charge is -2.26. The van der Waals surface area contributed by atoms with Crippen LogP contribution in [0, 0.1) is 0 Å². The molecule has 12 heteroatoms. The summed E-state index contributed by atoms with van der Waals surface area (Å²) >= 11 is 6.49. The number of carbonyl (C=O) groups is 4. The minimum atomic E-state index is -0.880. The first-order valence-electron chi connectivity index (χ1n) is 12.9. The predicted octanol–water partition coefficient (Wildman–Crippen LogP) is 4.83. The zero-order chi connectivity index (χ0) is 30.2. The van der Waals surface area contributed by atoms with Crippen LogP contribution in [0.15, 0.2) is 66.2 Å². The molecule has 218 valence electrons. The van der Waals surface area contributed by atoms with Gasteiger partial charge in [0.25, 0.3) is 17.7 Å². The Hall–Kier alpha value is -5.03. The summed E-state index contributed by atoms with van der Waals surface area (Å²) in [6.07, 6.45) is 1.29. The van der Waals surface area contributed by atoms with Gasteiger partial charge < -0.3 is 24.3 Å². The number of carbonyl (C=O) groups excluding carboxylic acids is 4. The fourth-order valence-corrected chi connectivity index (χ4v) is 4.34. The van der Waals surface area contributed by atoms with Crippen LogP contribution in [-0.2, 0) is 14.4 Å². The molecule has 3 aromatic carbocycles. The summed E-state index contributed by atoms with van der Waals surface area (Å²) in [6, 6.07) is 15.3. The number of benzene rings is 3. The molecule has 0 aromatic heterocycles. The first-order valence-corrected chi connectivity index (χ1v) is 13.3. The van der Waals surface area contributed by atoms with Gasteiger partial charge in [-0.1, -0.05) is 23.7 Å². The molecule has 0 unspecified atom stereocenters. The second-order valence-corrected chi connectivity index (χ2v) is 9.09. The highest BCUT2D eigenvalue weighted by molar-refractivity contribution is 6.39. The Morgan fingerprint density at radius 3 is 2.36 bits per heavy atom. The number of hydrogen-bond donors (Lipinski definition) is 2. The van der Waals surface area contributed by atoms with Crippen LogP contribution in [0.3, 0.4) is 0 Å². The first kappa shape index (κ1) is 29.9. The van der Waals surface area contributed by atoms with Crippen molar-refractivity contribution >= 4 is 52.8 Å². The van der Waals surface area contributed by atoms with Gasteiger partial charge in [0.05, 0.1) is 36.7 Å². The number of halogens is 1. The Bertz CT molecular complexity index is 1540. The van der Waals surface area contributed by atoms with Crippen LogP contribution in [0.1, 0.15) is 19.4 Å². The van der Waals surface area contributed by atoms with Crippen LogP contribution >= 0.6 is 11.6 Å². The van der Waals surface area contributed by atoms with Crippen LogP contribution < -0.4 is 34.5 Å². The highest BCUT2D eigenvalue weighted by Crippen LogP contribution is 2.38. The molecule has 0 radical (unpaired) electrons. The summed E-state index contributed by atoms with van der Waals surface area (Å²) in [4.78, 5) is 51.9.